The second-order valence-corrected chi connectivity index (χ2v) is 6.93. The van der Waals surface area contributed by atoms with Gasteiger partial charge < -0.3 is 0 Å². The van der Waals surface area contributed by atoms with Crippen LogP contribution in [0.4, 0.5) is 0 Å². The minimum atomic E-state index is -3.51. The van der Waals surface area contributed by atoms with Crippen LogP contribution in [0.25, 0.3) is 0 Å². The lowest BCUT2D eigenvalue weighted by atomic mass is 10.9. The van der Waals surface area contributed by atoms with E-state index in [-0.39, 0.29) is 5.75 Å². The van der Waals surface area contributed by atoms with Crippen molar-refractivity contribution in [2.45, 2.75) is 10.7 Å². The molecule has 0 spiro atoms. The minimum absolute atomic E-state index is 0.131. The Hall–Kier alpha value is 0.800. The summed E-state index contributed by atoms with van der Waals surface area (Å²) >= 11 is 15.7. The van der Waals surface area contributed by atoms with E-state index in [0.717, 1.165) is 0 Å². The van der Waals surface area contributed by atoms with Crippen LogP contribution >= 0.6 is 43.1 Å². The highest BCUT2D eigenvalue weighted by molar-refractivity contribution is 7.86. The summed E-state index contributed by atoms with van der Waals surface area (Å²) in [6.07, 6.45) is 0. The monoisotopic (exact) mass is 321 g/mol. The van der Waals surface area contributed by atoms with Crippen molar-refractivity contribution in [3.63, 3.8) is 0 Å². The highest BCUT2D eigenvalue weighted by Gasteiger charge is 2.23. The molecule has 0 heterocycles. The lowest BCUT2D eigenvalue weighted by Gasteiger charge is -2.09. The standard InChI is InChI=1S/C4H7Cl3O3S.HO3P/c1-2-11(8,9)10-3-4(5,6)7;1-4(2)3/h2-3H2,1H3;(H-,1,2,3)/p+1. The molecular formula is C4H9Cl3O6PS+. The van der Waals surface area contributed by atoms with Crippen molar-refractivity contribution >= 4 is 53.2 Å². The van der Waals surface area contributed by atoms with Gasteiger partial charge in [-0.25, -0.2) is 0 Å². The third-order valence-corrected chi connectivity index (χ3v) is 2.27. The summed E-state index contributed by atoms with van der Waals surface area (Å²) < 4.78 is 32.6. The first-order valence-electron chi connectivity index (χ1n) is 3.29. The number of halogens is 3. The number of alkyl halides is 3. The molecule has 0 fully saturated rings. The zero-order valence-electron chi connectivity index (χ0n) is 7.43. The molecule has 15 heavy (non-hydrogen) atoms. The van der Waals surface area contributed by atoms with Crippen molar-refractivity contribution in [1.82, 2.24) is 0 Å². The number of hydrogen-bond donors (Lipinski definition) is 2. The molecule has 0 saturated heterocycles. The van der Waals surface area contributed by atoms with Crippen LogP contribution in [0.3, 0.4) is 0 Å². The Morgan fingerprint density at radius 1 is 1.33 bits per heavy atom. The van der Waals surface area contributed by atoms with Gasteiger partial charge in [0.05, 0.1) is 5.75 Å². The van der Waals surface area contributed by atoms with Crippen LogP contribution in [0.1, 0.15) is 6.92 Å². The fourth-order valence-corrected chi connectivity index (χ4v) is 1.12. The topological polar surface area (TPSA) is 101 Å². The average molecular weight is 323 g/mol. The van der Waals surface area contributed by atoms with Gasteiger partial charge in [-0.2, -0.15) is 8.42 Å². The molecule has 0 unspecified atom stereocenters. The van der Waals surface area contributed by atoms with Crippen molar-refractivity contribution in [2.75, 3.05) is 12.4 Å². The fraction of sp³-hybridized carbons (Fsp3) is 1.00. The molecule has 11 heteroatoms. The third-order valence-electron chi connectivity index (χ3n) is 0.756. The highest BCUT2D eigenvalue weighted by atomic mass is 35.6. The molecule has 2 N–H and O–H groups in total. The third kappa shape index (κ3) is 20.8. The van der Waals surface area contributed by atoms with Gasteiger partial charge in [0.1, 0.15) is 6.61 Å². The molecule has 0 rings (SSSR count). The molecule has 0 aromatic carbocycles. The Labute approximate surface area is 103 Å². The van der Waals surface area contributed by atoms with E-state index in [2.05, 4.69) is 4.18 Å². The summed E-state index contributed by atoms with van der Waals surface area (Å²) in [6, 6.07) is 0. The van der Waals surface area contributed by atoms with Crippen LogP contribution in [0.2, 0.25) is 0 Å². The molecule has 0 amide bonds. The normalized spacial score (nSPS) is 11.6. The zero-order chi connectivity index (χ0) is 12.7. The van der Waals surface area contributed by atoms with Gasteiger partial charge in [0.15, 0.2) is 0 Å². The van der Waals surface area contributed by atoms with Gasteiger partial charge in [-0.1, -0.05) is 34.8 Å². The SMILES string of the molecule is CCS(=O)(=O)OCC(Cl)(Cl)Cl.O=[P+](O)O. The second kappa shape index (κ2) is 7.97. The first-order valence-corrected chi connectivity index (χ1v) is 7.16. The molecule has 0 aliphatic carbocycles. The van der Waals surface area contributed by atoms with E-state index in [1.807, 2.05) is 0 Å². The average Bonchev–Trinajstić information content (AvgIpc) is 1.99. The van der Waals surface area contributed by atoms with E-state index in [1.54, 1.807) is 0 Å². The van der Waals surface area contributed by atoms with Gasteiger partial charge in [0.2, 0.25) is 3.79 Å². The maximum Gasteiger partial charge on any atom is 0.692 e. The maximum absolute atomic E-state index is 10.6. The van der Waals surface area contributed by atoms with Gasteiger partial charge in [0, 0.05) is 4.57 Å². The van der Waals surface area contributed by atoms with E-state index < -0.39 is 28.8 Å². The molecule has 0 bridgehead atoms. The van der Waals surface area contributed by atoms with E-state index in [1.165, 1.54) is 6.92 Å². The summed E-state index contributed by atoms with van der Waals surface area (Å²) in [6.45, 7) is 0.988. The van der Waals surface area contributed by atoms with Crippen LogP contribution in [0, 0.1) is 0 Å². The molecule has 0 saturated carbocycles. The first-order chi connectivity index (χ1) is 6.50. The molecule has 0 radical (unpaired) electrons. The van der Waals surface area contributed by atoms with Crippen LogP contribution in [-0.4, -0.2) is 34.4 Å². The highest BCUT2D eigenvalue weighted by Crippen LogP contribution is 2.26. The molecule has 0 aliphatic rings. The Balaban J connectivity index is 0. The predicted octanol–water partition coefficient (Wildman–Crippen LogP) is 1.35. The van der Waals surface area contributed by atoms with E-state index in [9.17, 15) is 8.42 Å². The minimum Gasteiger partial charge on any atom is -0.266 e. The van der Waals surface area contributed by atoms with Gasteiger partial charge in [-0.3, -0.25) is 4.18 Å². The Morgan fingerprint density at radius 2 is 1.67 bits per heavy atom. The molecular weight excluding hydrogens is 313 g/mol. The van der Waals surface area contributed by atoms with Crippen LogP contribution in [-0.2, 0) is 18.9 Å². The molecule has 0 aromatic rings. The molecule has 0 aliphatic heterocycles. The predicted molar refractivity (Wildman–Crippen MR) is 57.7 cm³/mol. The van der Waals surface area contributed by atoms with Crippen molar-refractivity contribution in [3.05, 3.63) is 0 Å². The molecule has 0 atom stereocenters. The van der Waals surface area contributed by atoms with Crippen molar-refractivity contribution in [1.29, 1.82) is 0 Å². The van der Waals surface area contributed by atoms with Gasteiger partial charge >= 0.3 is 8.25 Å². The van der Waals surface area contributed by atoms with Gasteiger partial charge in [0.25, 0.3) is 10.1 Å². The second-order valence-electron chi connectivity index (χ2n) is 1.98. The summed E-state index contributed by atoms with van der Waals surface area (Å²) in [7, 11) is -6.38. The van der Waals surface area contributed by atoms with Crippen molar-refractivity contribution in [2.24, 2.45) is 0 Å². The zero-order valence-corrected chi connectivity index (χ0v) is 11.4. The van der Waals surface area contributed by atoms with Crippen molar-refractivity contribution in [3.8, 4) is 0 Å². The van der Waals surface area contributed by atoms with Gasteiger partial charge in [-0.05, 0) is 6.92 Å². The molecule has 92 valence electrons. The summed E-state index contributed by atoms with van der Waals surface area (Å²) in [5.41, 5.74) is 0. The lowest BCUT2D eigenvalue weighted by Crippen LogP contribution is -2.18. The lowest BCUT2D eigenvalue weighted by molar-refractivity contribution is 0.326. The quantitative estimate of drug-likeness (QED) is 0.462. The van der Waals surface area contributed by atoms with Crippen LogP contribution in [0.5, 0.6) is 0 Å². The van der Waals surface area contributed by atoms with Crippen molar-refractivity contribution < 1.29 is 27.0 Å². The molecule has 6 nitrogen and oxygen atoms in total. The molecule has 0 aromatic heterocycles. The Morgan fingerprint density at radius 3 is 1.87 bits per heavy atom. The summed E-state index contributed by atoms with van der Waals surface area (Å²) in [4.78, 5) is 14.2. The first kappa shape index (κ1) is 18.2. The summed E-state index contributed by atoms with van der Waals surface area (Å²) in [5, 5.41) is 0. The Bertz CT molecular complexity index is 281. The fourth-order valence-electron chi connectivity index (χ4n) is 0.240. The number of hydrogen-bond acceptors (Lipinski definition) is 4. The van der Waals surface area contributed by atoms with E-state index in [4.69, 9.17) is 49.2 Å². The maximum atomic E-state index is 10.6. The largest absolute Gasteiger partial charge is 0.692 e. The van der Waals surface area contributed by atoms with Crippen LogP contribution in [0.15, 0.2) is 0 Å². The Kier molecular flexibility index (Phi) is 9.66. The van der Waals surface area contributed by atoms with Gasteiger partial charge in [-0.15, -0.1) is 9.79 Å². The van der Waals surface area contributed by atoms with E-state index in [0.29, 0.717) is 0 Å². The smallest absolute Gasteiger partial charge is 0.266 e. The summed E-state index contributed by atoms with van der Waals surface area (Å²) in [5.74, 6) is -0.131. The van der Waals surface area contributed by atoms with Crippen LogP contribution < -0.4 is 0 Å². The number of rotatable bonds is 3. The van der Waals surface area contributed by atoms with E-state index >= 15 is 0 Å².